The molecule has 1 fully saturated rings. The number of hydrogen-bond acceptors (Lipinski definition) is 11. The van der Waals surface area contributed by atoms with Gasteiger partial charge in [0.15, 0.2) is 6.29 Å². The molecule has 0 aromatic carbocycles. The summed E-state index contributed by atoms with van der Waals surface area (Å²) in [5.41, 5.74) is -2.39. The number of aliphatic hydroxyl groups excluding tert-OH is 8. The minimum absolute atomic E-state index is 0.680. The van der Waals surface area contributed by atoms with Crippen molar-refractivity contribution in [3.05, 3.63) is 0 Å². The Hall–Kier alpha value is -0.440. The molecule has 8 unspecified atom stereocenters. The SMILES string of the molecule is OCC(O)C(O)C(O)(CO)COC1OC(CO)C(O)C(O)C1O. The predicted molar refractivity (Wildman–Crippen MR) is 70.9 cm³/mol. The first-order valence-corrected chi connectivity index (χ1v) is 6.94. The maximum Gasteiger partial charge on any atom is 0.186 e. The molecule has 1 aliphatic rings. The van der Waals surface area contributed by atoms with Crippen LogP contribution in [0.25, 0.3) is 0 Å². The van der Waals surface area contributed by atoms with Crippen molar-refractivity contribution >= 4 is 0 Å². The second-order valence-corrected chi connectivity index (χ2v) is 5.46. The summed E-state index contributed by atoms with van der Waals surface area (Å²) in [5, 5.41) is 85.0. The quantitative estimate of drug-likeness (QED) is 0.203. The minimum Gasteiger partial charge on any atom is -0.394 e. The first-order chi connectivity index (χ1) is 10.7. The van der Waals surface area contributed by atoms with Crippen LogP contribution in [0, 0.1) is 0 Å². The van der Waals surface area contributed by atoms with Gasteiger partial charge in [0.2, 0.25) is 0 Å². The van der Waals surface area contributed by atoms with Gasteiger partial charge in [-0.05, 0) is 0 Å². The zero-order chi connectivity index (χ0) is 17.8. The Morgan fingerprint density at radius 3 is 2.09 bits per heavy atom. The summed E-state index contributed by atoms with van der Waals surface area (Å²) in [6, 6.07) is 0. The van der Waals surface area contributed by atoms with Gasteiger partial charge in [-0.25, -0.2) is 0 Å². The molecule has 0 bridgehead atoms. The fourth-order valence-electron chi connectivity index (χ4n) is 2.11. The van der Waals surface area contributed by atoms with E-state index in [0.29, 0.717) is 0 Å². The molecule has 23 heavy (non-hydrogen) atoms. The first kappa shape index (κ1) is 20.6. The Labute approximate surface area is 131 Å². The predicted octanol–water partition coefficient (Wildman–Crippen LogP) is -5.76. The molecule has 0 aliphatic carbocycles. The van der Waals surface area contributed by atoms with Gasteiger partial charge in [0.25, 0.3) is 0 Å². The number of ether oxygens (including phenoxy) is 2. The highest BCUT2D eigenvalue weighted by Gasteiger charge is 2.46. The van der Waals surface area contributed by atoms with E-state index >= 15 is 0 Å². The lowest BCUT2D eigenvalue weighted by molar-refractivity contribution is -0.314. The lowest BCUT2D eigenvalue weighted by Gasteiger charge is -2.41. The zero-order valence-electron chi connectivity index (χ0n) is 12.2. The van der Waals surface area contributed by atoms with E-state index in [9.17, 15) is 35.7 Å². The molecule has 0 saturated carbocycles. The van der Waals surface area contributed by atoms with Gasteiger partial charge in [-0.3, -0.25) is 0 Å². The molecule has 11 nitrogen and oxygen atoms in total. The summed E-state index contributed by atoms with van der Waals surface area (Å²) >= 11 is 0. The van der Waals surface area contributed by atoms with Gasteiger partial charge in [0.05, 0.1) is 26.4 Å². The molecule has 1 saturated heterocycles. The Balaban J connectivity index is 2.73. The van der Waals surface area contributed by atoms with E-state index in [2.05, 4.69) is 0 Å². The van der Waals surface area contributed by atoms with Crippen molar-refractivity contribution in [2.45, 2.75) is 48.5 Å². The average Bonchev–Trinajstić information content (AvgIpc) is 2.57. The maximum atomic E-state index is 10.1. The summed E-state index contributed by atoms with van der Waals surface area (Å²) in [5.74, 6) is 0. The van der Waals surface area contributed by atoms with E-state index in [1.54, 1.807) is 0 Å². The van der Waals surface area contributed by atoms with Crippen LogP contribution in [0.2, 0.25) is 0 Å². The second-order valence-electron chi connectivity index (χ2n) is 5.46. The van der Waals surface area contributed by atoms with Gasteiger partial charge >= 0.3 is 0 Å². The van der Waals surface area contributed by atoms with E-state index in [-0.39, 0.29) is 0 Å². The van der Waals surface area contributed by atoms with Crippen molar-refractivity contribution in [1.82, 2.24) is 0 Å². The standard InChI is InChI=1S/C12H24O11/c13-1-5(16)10(20)12(21,3-15)4-22-11-9(19)8(18)7(17)6(2-14)23-11/h5-11,13-21H,1-4H2. The lowest BCUT2D eigenvalue weighted by Crippen LogP contribution is -2.61. The summed E-state index contributed by atoms with van der Waals surface area (Å²) in [6.07, 6.45) is -11.5. The van der Waals surface area contributed by atoms with E-state index in [1.165, 1.54) is 0 Å². The van der Waals surface area contributed by atoms with Crippen LogP contribution in [0.1, 0.15) is 0 Å². The third kappa shape index (κ3) is 4.55. The molecule has 138 valence electrons. The third-order valence-corrected chi connectivity index (χ3v) is 3.72. The number of hydrogen-bond donors (Lipinski definition) is 9. The van der Waals surface area contributed by atoms with Crippen LogP contribution in [0.4, 0.5) is 0 Å². The molecule has 1 aliphatic heterocycles. The first-order valence-electron chi connectivity index (χ1n) is 6.94. The van der Waals surface area contributed by atoms with Crippen molar-refractivity contribution in [2.24, 2.45) is 0 Å². The van der Waals surface area contributed by atoms with E-state index in [0.717, 1.165) is 0 Å². The van der Waals surface area contributed by atoms with Crippen LogP contribution in [0.5, 0.6) is 0 Å². The highest BCUT2D eigenvalue weighted by Crippen LogP contribution is 2.24. The van der Waals surface area contributed by atoms with Crippen LogP contribution in [-0.4, -0.2) is 121 Å². The molecule has 0 radical (unpaired) electrons. The monoisotopic (exact) mass is 344 g/mol. The van der Waals surface area contributed by atoms with Crippen molar-refractivity contribution in [2.75, 3.05) is 26.4 Å². The summed E-state index contributed by atoms with van der Waals surface area (Å²) < 4.78 is 10.0. The van der Waals surface area contributed by atoms with Crippen molar-refractivity contribution < 1.29 is 55.4 Å². The van der Waals surface area contributed by atoms with Gasteiger partial charge in [-0.2, -0.15) is 0 Å². The molecule has 1 heterocycles. The minimum atomic E-state index is -2.39. The maximum absolute atomic E-state index is 10.1. The Morgan fingerprint density at radius 2 is 1.61 bits per heavy atom. The summed E-state index contributed by atoms with van der Waals surface area (Å²) in [7, 11) is 0. The molecular weight excluding hydrogens is 320 g/mol. The molecule has 11 heteroatoms. The Bertz CT molecular complexity index is 354. The summed E-state index contributed by atoms with van der Waals surface area (Å²) in [6.45, 7) is -3.46. The van der Waals surface area contributed by atoms with Gasteiger partial charge in [0.1, 0.15) is 42.2 Å². The number of rotatable bonds is 8. The fraction of sp³-hybridized carbons (Fsp3) is 1.00. The topological polar surface area (TPSA) is 201 Å². The molecule has 0 aromatic heterocycles. The van der Waals surface area contributed by atoms with Crippen LogP contribution >= 0.6 is 0 Å². The van der Waals surface area contributed by atoms with Crippen LogP contribution in [0.15, 0.2) is 0 Å². The number of aliphatic hydroxyl groups is 9. The Morgan fingerprint density at radius 1 is 1.00 bits per heavy atom. The zero-order valence-corrected chi connectivity index (χ0v) is 12.2. The molecule has 1 rings (SSSR count). The lowest BCUT2D eigenvalue weighted by atomic mass is 9.94. The second kappa shape index (κ2) is 8.60. The molecule has 0 aromatic rings. The third-order valence-electron chi connectivity index (χ3n) is 3.72. The molecular formula is C12H24O11. The van der Waals surface area contributed by atoms with Gasteiger partial charge in [0, 0.05) is 0 Å². The van der Waals surface area contributed by atoms with Crippen LogP contribution in [-0.2, 0) is 9.47 Å². The molecule has 9 N–H and O–H groups in total. The highest BCUT2D eigenvalue weighted by molar-refractivity contribution is 4.92. The van der Waals surface area contributed by atoms with E-state index < -0.39 is 74.9 Å². The van der Waals surface area contributed by atoms with Crippen LogP contribution in [0.3, 0.4) is 0 Å². The van der Waals surface area contributed by atoms with E-state index in [4.69, 9.17) is 19.7 Å². The fourth-order valence-corrected chi connectivity index (χ4v) is 2.11. The van der Waals surface area contributed by atoms with Gasteiger partial charge in [-0.15, -0.1) is 0 Å². The smallest absolute Gasteiger partial charge is 0.186 e. The van der Waals surface area contributed by atoms with E-state index in [1.807, 2.05) is 0 Å². The Kier molecular flexibility index (Phi) is 7.70. The van der Waals surface area contributed by atoms with Gasteiger partial charge < -0.3 is 55.4 Å². The molecule has 0 spiro atoms. The normalized spacial score (nSPS) is 37.2. The van der Waals surface area contributed by atoms with Crippen molar-refractivity contribution in [1.29, 1.82) is 0 Å². The van der Waals surface area contributed by atoms with Crippen molar-refractivity contribution in [3.63, 3.8) is 0 Å². The van der Waals surface area contributed by atoms with Crippen LogP contribution < -0.4 is 0 Å². The van der Waals surface area contributed by atoms with Crippen molar-refractivity contribution in [3.8, 4) is 0 Å². The largest absolute Gasteiger partial charge is 0.394 e. The molecule has 0 amide bonds. The van der Waals surface area contributed by atoms with Gasteiger partial charge in [-0.1, -0.05) is 0 Å². The molecule has 8 atom stereocenters. The highest BCUT2D eigenvalue weighted by atomic mass is 16.7. The summed E-state index contributed by atoms with van der Waals surface area (Å²) in [4.78, 5) is 0. The average molecular weight is 344 g/mol.